The molecule has 1 aromatic rings. The lowest BCUT2D eigenvalue weighted by Crippen LogP contribution is -2.63. The number of hydrogen-bond acceptors (Lipinski definition) is 4. The van der Waals surface area contributed by atoms with Gasteiger partial charge in [0.25, 0.3) is 5.91 Å². The molecule has 1 heterocycles. The van der Waals surface area contributed by atoms with Crippen LogP contribution in [0.3, 0.4) is 0 Å². The van der Waals surface area contributed by atoms with Gasteiger partial charge in [-0.2, -0.15) is 0 Å². The van der Waals surface area contributed by atoms with Gasteiger partial charge >= 0.3 is 0 Å². The number of nitrogens with one attached hydrogen (secondary N) is 1. The van der Waals surface area contributed by atoms with Gasteiger partial charge in [-0.05, 0) is 74.5 Å². The molecule has 1 amide bonds. The molecule has 2 unspecified atom stereocenters. The van der Waals surface area contributed by atoms with E-state index >= 15 is 0 Å². The molecule has 4 saturated carbocycles. The zero-order chi connectivity index (χ0) is 17.2. The van der Waals surface area contributed by atoms with Gasteiger partial charge in [-0.1, -0.05) is 6.07 Å². The topological polar surface area (TPSA) is 67.8 Å². The molecule has 4 aliphatic carbocycles. The predicted molar refractivity (Wildman–Crippen MR) is 91.5 cm³/mol. The van der Waals surface area contributed by atoms with E-state index in [1.807, 2.05) is 25.1 Å². The SMILES string of the molecule is Cc1ccc2c(c1)OCC(C(=O)N[C@H]1[C@@H]3CC4C[C@H]1C[C@](O)(C4)C3)O2. The maximum atomic E-state index is 12.8. The first kappa shape index (κ1) is 15.5. The number of aliphatic hydroxyl groups is 1. The van der Waals surface area contributed by atoms with Crippen molar-refractivity contribution < 1.29 is 19.4 Å². The predicted octanol–water partition coefficient (Wildman–Crippen LogP) is 2.19. The van der Waals surface area contributed by atoms with Crippen molar-refractivity contribution in [2.45, 2.75) is 56.8 Å². The number of amides is 1. The zero-order valence-electron chi connectivity index (χ0n) is 14.5. The molecule has 0 aromatic heterocycles. The first-order chi connectivity index (χ1) is 12.0. The number of fused-ring (bicyclic) bond motifs is 1. The molecule has 4 bridgehead atoms. The molecule has 2 N–H and O–H groups in total. The lowest BCUT2D eigenvalue weighted by molar-refractivity contribution is -0.150. The summed E-state index contributed by atoms with van der Waals surface area (Å²) in [6.45, 7) is 2.25. The van der Waals surface area contributed by atoms with E-state index in [9.17, 15) is 9.90 Å². The number of ether oxygens (including phenoxy) is 2. The second-order valence-corrected chi connectivity index (χ2v) is 8.60. The van der Waals surface area contributed by atoms with Gasteiger partial charge in [0.05, 0.1) is 5.60 Å². The number of hydrogen-bond donors (Lipinski definition) is 2. The van der Waals surface area contributed by atoms with Crippen LogP contribution in [0.2, 0.25) is 0 Å². The van der Waals surface area contributed by atoms with Gasteiger partial charge in [-0.15, -0.1) is 0 Å². The first-order valence-corrected chi connectivity index (χ1v) is 9.42. The molecule has 6 rings (SSSR count). The highest BCUT2D eigenvalue weighted by Crippen LogP contribution is 2.55. The Morgan fingerprint density at radius 2 is 1.96 bits per heavy atom. The van der Waals surface area contributed by atoms with Crippen molar-refractivity contribution >= 4 is 5.91 Å². The number of carbonyl (C=O) groups excluding carboxylic acids is 1. The van der Waals surface area contributed by atoms with Crippen LogP contribution in [0.25, 0.3) is 0 Å². The third-order valence-corrected chi connectivity index (χ3v) is 6.60. The standard InChI is InChI=1S/C20H25NO4/c1-11-2-3-15-16(4-11)24-10-17(25-15)19(22)21-18-13-5-12-6-14(18)9-20(23,7-12)8-13/h2-4,12-14,17-18,23H,5-10H2,1H3,(H,21,22)/t12?,13-,14+,17?,18+,20+. The smallest absolute Gasteiger partial charge is 0.264 e. The van der Waals surface area contributed by atoms with Gasteiger partial charge in [-0.25, -0.2) is 0 Å². The number of benzene rings is 1. The molecule has 5 nitrogen and oxygen atoms in total. The van der Waals surface area contributed by atoms with Gasteiger partial charge in [-0.3, -0.25) is 4.79 Å². The van der Waals surface area contributed by atoms with Crippen molar-refractivity contribution in [1.82, 2.24) is 5.32 Å². The molecule has 0 saturated heterocycles. The van der Waals surface area contributed by atoms with Crippen LogP contribution in [0, 0.1) is 24.7 Å². The van der Waals surface area contributed by atoms with Crippen LogP contribution >= 0.6 is 0 Å². The fourth-order valence-corrected chi connectivity index (χ4v) is 5.78. The molecule has 5 aliphatic rings. The monoisotopic (exact) mass is 343 g/mol. The summed E-state index contributed by atoms with van der Waals surface area (Å²) in [4.78, 5) is 12.8. The van der Waals surface area contributed by atoms with Crippen LogP contribution in [0.4, 0.5) is 0 Å². The van der Waals surface area contributed by atoms with E-state index in [2.05, 4.69) is 5.32 Å². The summed E-state index contributed by atoms with van der Waals surface area (Å²) in [6, 6.07) is 5.93. The fraction of sp³-hybridized carbons (Fsp3) is 0.650. The van der Waals surface area contributed by atoms with Crippen LogP contribution in [-0.2, 0) is 4.79 Å². The molecule has 4 fully saturated rings. The Labute approximate surface area is 147 Å². The Morgan fingerprint density at radius 3 is 2.68 bits per heavy atom. The minimum atomic E-state index is -0.601. The summed E-state index contributed by atoms with van der Waals surface area (Å²) in [5, 5.41) is 13.9. The summed E-state index contributed by atoms with van der Waals surface area (Å²) < 4.78 is 11.6. The normalized spacial score (nSPS) is 40.8. The molecule has 1 aliphatic heterocycles. The summed E-state index contributed by atoms with van der Waals surface area (Å²) in [7, 11) is 0. The maximum Gasteiger partial charge on any atom is 0.264 e. The Bertz CT molecular complexity index is 702. The van der Waals surface area contributed by atoms with E-state index in [0.717, 1.165) is 37.7 Å². The average Bonchev–Trinajstić information content (AvgIpc) is 2.56. The summed E-state index contributed by atoms with van der Waals surface area (Å²) >= 11 is 0. The van der Waals surface area contributed by atoms with Crippen LogP contribution < -0.4 is 14.8 Å². The van der Waals surface area contributed by atoms with E-state index < -0.39 is 11.7 Å². The largest absolute Gasteiger partial charge is 0.485 e. The van der Waals surface area contributed by atoms with Crippen molar-refractivity contribution in [3.05, 3.63) is 23.8 Å². The first-order valence-electron chi connectivity index (χ1n) is 9.42. The lowest BCUT2D eigenvalue weighted by Gasteiger charge is -2.58. The van der Waals surface area contributed by atoms with Crippen LogP contribution in [0.15, 0.2) is 18.2 Å². The molecule has 5 heteroatoms. The van der Waals surface area contributed by atoms with Gasteiger partial charge < -0.3 is 19.9 Å². The van der Waals surface area contributed by atoms with Crippen molar-refractivity contribution in [2.75, 3.05) is 6.61 Å². The van der Waals surface area contributed by atoms with Gasteiger partial charge in [0.15, 0.2) is 11.5 Å². The molecular weight excluding hydrogens is 318 g/mol. The maximum absolute atomic E-state index is 12.8. The Kier molecular flexibility index (Phi) is 3.33. The van der Waals surface area contributed by atoms with E-state index in [-0.39, 0.29) is 18.6 Å². The van der Waals surface area contributed by atoms with Gasteiger partial charge in [0, 0.05) is 6.04 Å². The highest BCUT2D eigenvalue weighted by atomic mass is 16.6. The Hall–Kier alpha value is -1.75. The van der Waals surface area contributed by atoms with E-state index in [1.54, 1.807) is 0 Å². The van der Waals surface area contributed by atoms with Crippen LogP contribution in [-0.4, -0.2) is 35.4 Å². The van der Waals surface area contributed by atoms with Gasteiger partial charge in [0.1, 0.15) is 6.61 Å². The van der Waals surface area contributed by atoms with Gasteiger partial charge in [0.2, 0.25) is 6.10 Å². The summed E-state index contributed by atoms with van der Waals surface area (Å²) in [5.41, 5.74) is 0.635. The quantitative estimate of drug-likeness (QED) is 0.864. The van der Waals surface area contributed by atoms with Crippen molar-refractivity contribution in [2.24, 2.45) is 17.8 Å². The van der Waals surface area contributed by atoms with Crippen molar-refractivity contribution in [3.8, 4) is 11.5 Å². The third kappa shape index (κ3) is 2.60. The minimum Gasteiger partial charge on any atom is -0.485 e. The van der Waals surface area contributed by atoms with Crippen LogP contribution in [0.1, 0.15) is 37.7 Å². The molecule has 6 atom stereocenters. The zero-order valence-corrected chi connectivity index (χ0v) is 14.5. The Morgan fingerprint density at radius 1 is 1.20 bits per heavy atom. The molecule has 1 aromatic carbocycles. The fourth-order valence-electron chi connectivity index (χ4n) is 5.78. The summed E-state index contributed by atoms with van der Waals surface area (Å²) in [5.74, 6) is 2.70. The minimum absolute atomic E-state index is 0.0873. The van der Waals surface area contributed by atoms with E-state index in [4.69, 9.17) is 9.47 Å². The highest BCUT2D eigenvalue weighted by molar-refractivity contribution is 5.82. The molecule has 25 heavy (non-hydrogen) atoms. The molecule has 0 radical (unpaired) electrons. The Balaban J connectivity index is 1.28. The second kappa shape index (κ2) is 5.37. The van der Waals surface area contributed by atoms with Crippen molar-refractivity contribution in [3.63, 3.8) is 0 Å². The molecular formula is C20H25NO4. The molecule has 0 spiro atoms. The molecule has 134 valence electrons. The number of aryl methyl sites for hydroxylation is 1. The summed E-state index contributed by atoms with van der Waals surface area (Å²) in [6.07, 6.45) is 4.28. The second-order valence-electron chi connectivity index (χ2n) is 8.60. The lowest BCUT2D eigenvalue weighted by atomic mass is 9.52. The van der Waals surface area contributed by atoms with E-state index in [0.29, 0.717) is 29.3 Å². The number of carbonyl (C=O) groups is 1. The van der Waals surface area contributed by atoms with Crippen LogP contribution in [0.5, 0.6) is 11.5 Å². The van der Waals surface area contributed by atoms with Crippen molar-refractivity contribution in [1.29, 1.82) is 0 Å². The number of rotatable bonds is 2. The average molecular weight is 343 g/mol. The van der Waals surface area contributed by atoms with E-state index in [1.165, 1.54) is 0 Å². The third-order valence-electron chi connectivity index (χ3n) is 6.60. The highest BCUT2D eigenvalue weighted by Gasteiger charge is 2.55.